The first-order chi connectivity index (χ1) is 15.8. The van der Waals surface area contributed by atoms with Crippen LogP contribution in [-0.4, -0.2) is 102 Å². The van der Waals surface area contributed by atoms with Crippen LogP contribution in [0.3, 0.4) is 0 Å². The van der Waals surface area contributed by atoms with Crippen molar-refractivity contribution >= 4 is 30.4 Å². The van der Waals surface area contributed by atoms with Gasteiger partial charge in [0.25, 0.3) is 5.91 Å². The molecule has 1 heterocycles. The summed E-state index contributed by atoms with van der Waals surface area (Å²) >= 11 is 0. The number of rotatable bonds is 13. The van der Waals surface area contributed by atoms with Crippen LogP contribution in [0.1, 0.15) is 30.1 Å². The Balaban J connectivity index is 1.84. The van der Waals surface area contributed by atoms with Gasteiger partial charge in [0.2, 0.25) is 5.91 Å². The maximum Gasteiger partial charge on any atom is 0.475 e. The van der Waals surface area contributed by atoms with Crippen molar-refractivity contribution in [3.63, 3.8) is 0 Å². The standard InChI is InChI=1S/C21H35BN6O5/c1-15(21(31)28-10-2-3-19(28)22(32)33)26-20(30)16-4-6-17(7-5-16)25-13-18(29)14-27(11-8-23)12-9-24/h4-7,15,19,25,32-33H,2-3,8-14,23-24H2,1H3,(H,26,30)/t15-,19+/m1/s1. The first-order valence-electron chi connectivity index (χ1n) is 11.2. The number of Topliss-reactive ketones (excluding diaryl/α,β-unsaturated/α-hetero) is 1. The Labute approximate surface area is 194 Å². The van der Waals surface area contributed by atoms with Gasteiger partial charge in [-0.2, -0.15) is 0 Å². The van der Waals surface area contributed by atoms with E-state index in [9.17, 15) is 24.4 Å². The average Bonchev–Trinajstić information content (AvgIpc) is 3.28. The van der Waals surface area contributed by atoms with Gasteiger partial charge in [0.05, 0.1) is 19.0 Å². The van der Waals surface area contributed by atoms with Crippen molar-refractivity contribution in [2.45, 2.75) is 31.7 Å². The SMILES string of the molecule is C[C@@H](NC(=O)c1ccc(NCC(=O)CN(CCN)CCN)cc1)C(=O)N1CCC[C@H]1B(O)O. The number of likely N-dealkylation sites (tertiary alicyclic amines) is 1. The molecule has 1 aromatic carbocycles. The lowest BCUT2D eigenvalue weighted by Gasteiger charge is -2.27. The number of ketones is 1. The van der Waals surface area contributed by atoms with E-state index < -0.39 is 25.0 Å². The Bertz CT molecular complexity index is 788. The van der Waals surface area contributed by atoms with E-state index in [-0.39, 0.29) is 24.8 Å². The van der Waals surface area contributed by atoms with Crippen molar-refractivity contribution in [1.29, 1.82) is 0 Å². The summed E-state index contributed by atoms with van der Waals surface area (Å²) in [7, 11) is -1.60. The number of nitrogens with zero attached hydrogens (tertiary/aromatic N) is 2. The molecule has 1 aliphatic heterocycles. The largest absolute Gasteiger partial charge is 0.475 e. The Morgan fingerprint density at radius 3 is 2.39 bits per heavy atom. The van der Waals surface area contributed by atoms with E-state index in [1.165, 1.54) is 4.90 Å². The summed E-state index contributed by atoms with van der Waals surface area (Å²) < 4.78 is 0. The summed E-state index contributed by atoms with van der Waals surface area (Å²) in [6.45, 7) is 4.51. The normalized spacial score (nSPS) is 16.5. The molecule has 0 radical (unpaired) electrons. The molecule has 12 heteroatoms. The number of hydrogen-bond acceptors (Lipinski definition) is 9. The van der Waals surface area contributed by atoms with E-state index in [1.807, 2.05) is 4.90 Å². The first-order valence-corrected chi connectivity index (χ1v) is 11.2. The van der Waals surface area contributed by atoms with Crippen molar-refractivity contribution in [3.05, 3.63) is 29.8 Å². The molecule has 1 aliphatic rings. The lowest BCUT2D eigenvalue weighted by Crippen LogP contribution is -2.52. The lowest BCUT2D eigenvalue weighted by molar-refractivity contribution is -0.132. The van der Waals surface area contributed by atoms with Gasteiger partial charge in [0, 0.05) is 44.0 Å². The van der Waals surface area contributed by atoms with Crippen molar-refractivity contribution in [2.24, 2.45) is 11.5 Å². The zero-order valence-corrected chi connectivity index (χ0v) is 19.1. The smallest absolute Gasteiger partial charge is 0.426 e. The van der Waals surface area contributed by atoms with Gasteiger partial charge in [-0.1, -0.05) is 0 Å². The molecule has 8 N–H and O–H groups in total. The monoisotopic (exact) mass is 462 g/mol. The van der Waals surface area contributed by atoms with Crippen LogP contribution in [0.2, 0.25) is 0 Å². The molecule has 2 amide bonds. The second-order valence-corrected chi connectivity index (χ2v) is 8.17. The Hall–Kier alpha value is -2.51. The Morgan fingerprint density at radius 1 is 1.18 bits per heavy atom. The van der Waals surface area contributed by atoms with E-state index >= 15 is 0 Å². The molecule has 0 aliphatic carbocycles. The van der Waals surface area contributed by atoms with Gasteiger partial charge in [0.15, 0.2) is 5.78 Å². The number of hydrogen-bond donors (Lipinski definition) is 6. The summed E-state index contributed by atoms with van der Waals surface area (Å²) in [5.41, 5.74) is 12.2. The number of benzene rings is 1. The first kappa shape index (κ1) is 26.7. The highest BCUT2D eigenvalue weighted by atomic mass is 16.4. The number of carbonyl (C=O) groups is 3. The van der Waals surface area contributed by atoms with Gasteiger partial charge in [-0.3, -0.25) is 19.3 Å². The molecule has 0 saturated carbocycles. The minimum atomic E-state index is -1.60. The van der Waals surface area contributed by atoms with Gasteiger partial charge < -0.3 is 37.0 Å². The zero-order chi connectivity index (χ0) is 24.4. The lowest BCUT2D eigenvalue weighted by atomic mass is 9.78. The van der Waals surface area contributed by atoms with Crippen molar-refractivity contribution in [2.75, 3.05) is 51.1 Å². The topological polar surface area (TPSA) is 174 Å². The zero-order valence-electron chi connectivity index (χ0n) is 19.1. The van der Waals surface area contributed by atoms with Gasteiger partial charge >= 0.3 is 7.12 Å². The highest BCUT2D eigenvalue weighted by Gasteiger charge is 2.38. The predicted octanol–water partition coefficient (Wildman–Crippen LogP) is -1.99. The molecular formula is C21H35BN6O5. The fourth-order valence-electron chi connectivity index (χ4n) is 3.85. The molecule has 1 aromatic rings. The molecule has 0 spiro atoms. The van der Waals surface area contributed by atoms with Crippen LogP contribution in [0.5, 0.6) is 0 Å². The minimum Gasteiger partial charge on any atom is -0.426 e. The number of amides is 2. The second kappa shape index (κ2) is 13.3. The molecule has 0 unspecified atom stereocenters. The van der Waals surface area contributed by atoms with Crippen LogP contribution in [-0.2, 0) is 9.59 Å². The van der Waals surface area contributed by atoms with Gasteiger partial charge in [-0.05, 0) is 44.0 Å². The number of carbonyl (C=O) groups excluding carboxylic acids is 3. The van der Waals surface area contributed by atoms with E-state index in [2.05, 4.69) is 10.6 Å². The molecule has 1 fully saturated rings. The van der Waals surface area contributed by atoms with E-state index in [0.717, 1.165) is 0 Å². The van der Waals surface area contributed by atoms with Gasteiger partial charge in [0.1, 0.15) is 6.04 Å². The quantitative estimate of drug-likeness (QED) is 0.181. The van der Waals surface area contributed by atoms with Crippen LogP contribution < -0.4 is 22.1 Å². The molecule has 0 aromatic heterocycles. The van der Waals surface area contributed by atoms with Gasteiger partial charge in [-0.15, -0.1) is 0 Å². The molecular weight excluding hydrogens is 427 g/mol. The Kier molecular flexibility index (Phi) is 10.7. The van der Waals surface area contributed by atoms with E-state index in [1.54, 1.807) is 31.2 Å². The third-order valence-electron chi connectivity index (χ3n) is 5.57. The highest BCUT2D eigenvalue weighted by molar-refractivity contribution is 6.43. The third-order valence-corrected chi connectivity index (χ3v) is 5.57. The van der Waals surface area contributed by atoms with Crippen LogP contribution in [0.15, 0.2) is 24.3 Å². The predicted molar refractivity (Wildman–Crippen MR) is 126 cm³/mol. The molecule has 33 heavy (non-hydrogen) atoms. The summed E-state index contributed by atoms with van der Waals surface area (Å²) in [4.78, 5) is 40.7. The highest BCUT2D eigenvalue weighted by Crippen LogP contribution is 2.19. The fraction of sp³-hybridized carbons (Fsp3) is 0.571. The molecule has 11 nitrogen and oxygen atoms in total. The summed E-state index contributed by atoms with van der Waals surface area (Å²) in [5, 5.41) is 24.6. The summed E-state index contributed by atoms with van der Waals surface area (Å²) in [6.07, 6.45) is 1.20. The maximum absolute atomic E-state index is 12.6. The number of nitrogens with two attached hydrogens (primary N) is 2. The van der Waals surface area contributed by atoms with Crippen LogP contribution in [0, 0.1) is 0 Å². The second-order valence-electron chi connectivity index (χ2n) is 8.17. The van der Waals surface area contributed by atoms with Crippen molar-refractivity contribution < 1.29 is 24.4 Å². The maximum atomic E-state index is 12.6. The average molecular weight is 462 g/mol. The molecule has 1 saturated heterocycles. The van der Waals surface area contributed by atoms with Crippen molar-refractivity contribution in [3.8, 4) is 0 Å². The van der Waals surface area contributed by atoms with Crippen LogP contribution in [0.25, 0.3) is 0 Å². The van der Waals surface area contributed by atoms with Crippen LogP contribution in [0.4, 0.5) is 5.69 Å². The van der Waals surface area contributed by atoms with E-state index in [4.69, 9.17) is 11.5 Å². The molecule has 0 bridgehead atoms. The summed E-state index contributed by atoms with van der Waals surface area (Å²) in [6, 6.07) is 5.77. The third kappa shape index (κ3) is 8.09. The summed E-state index contributed by atoms with van der Waals surface area (Å²) in [5.74, 6) is -1.42. The minimum absolute atomic E-state index is 0.000675. The Morgan fingerprint density at radius 2 is 1.82 bits per heavy atom. The number of anilines is 1. The molecule has 2 atom stereocenters. The van der Waals surface area contributed by atoms with E-state index in [0.29, 0.717) is 56.8 Å². The number of nitrogens with one attached hydrogen (secondary N) is 2. The van der Waals surface area contributed by atoms with Crippen molar-refractivity contribution in [1.82, 2.24) is 15.1 Å². The van der Waals surface area contributed by atoms with Crippen LogP contribution >= 0.6 is 0 Å². The fourth-order valence-corrected chi connectivity index (χ4v) is 3.85. The molecule has 2 rings (SSSR count). The molecule has 182 valence electrons. The van der Waals surface area contributed by atoms with Gasteiger partial charge in [-0.25, -0.2) is 0 Å².